The third kappa shape index (κ3) is 5.44. The van der Waals surface area contributed by atoms with Gasteiger partial charge in [0.05, 0.1) is 18.4 Å². The molecule has 0 radical (unpaired) electrons. The molecule has 0 aliphatic carbocycles. The van der Waals surface area contributed by atoms with Crippen LogP contribution in [0.5, 0.6) is 5.75 Å². The quantitative estimate of drug-likeness (QED) is 0.516. The number of alkyl halides is 3. The van der Waals surface area contributed by atoms with Crippen LogP contribution in [0.1, 0.15) is 31.7 Å². The molecule has 1 aliphatic heterocycles. The lowest BCUT2D eigenvalue weighted by molar-refractivity contribution is -0.136. The summed E-state index contributed by atoms with van der Waals surface area (Å²) < 4.78 is 44.9. The molecule has 0 aromatic heterocycles. The van der Waals surface area contributed by atoms with Crippen molar-refractivity contribution in [2.75, 3.05) is 29.8 Å². The summed E-state index contributed by atoms with van der Waals surface area (Å²) in [5.41, 5.74) is 4.18. The summed E-state index contributed by atoms with van der Waals surface area (Å²) in [7, 11) is 3.43. The number of benzene rings is 2. The van der Waals surface area contributed by atoms with E-state index in [-0.39, 0.29) is 5.69 Å². The Morgan fingerprint density at radius 2 is 1.91 bits per heavy atom. The molecule has 0 saturated carbocycles. The highest BCUT2D eigenvalue weighted by atomic mass is 19.4. The Labute approximate surface area is 184 Å². The van der Waals surface area contributed by atoms with Crippen molar-refractivity contribution in [2.45, 2.75) is 32.4 Å². The molecule has 0 bridgehead atoms. The third-order valence-corrected chi connectivity index (χ3v) is 4.93. The minimum Gasteiger partial charge on any atom is -0.494 e. The molecule has 32 heavy (non-hydrogen) atoms. The molecule has 0 atom stereocenters. The zero-order chi connectivity index (χ0) is 23.3. The van der Waals surface area contributed by atoms with Crippen molar-refractivity contribution in [3.8, 4) is 5.75 Å². The van der Waals surface area contributed by atoms with E-state index in [0.29, 0.717) is 11.4 Å². The number of amides is 2. The normalized spacial score (nSPS) is 13.8. The molecule has 2 aromatic rings. The maximum absolute atomic E-state index is 13.1. The number of para-hydroxylation sites is 1. The van der Waals surface area contributed by atoms with Gasteiger partial charge in [0.1, 0.15) is 11.4 Å². The van der Waals surface area contributed by atoms with Crippen LogP contribution >= 0.6 is 0 Å². The van der Waals surface area contributed by atoms with Crippen LogP contribution in [-0.4, -0.2) is 25.2 Å². The van der Waals surface area contributed by atoms with Gasteiger partial charge in [0.25, 0.3) is 0 Å². The zero-order valence-corrected chi connectivity index (χ0v) is 18.1. The first-order chi connectivity index (χ1) is 15.2. The molecule has 1 aliphatic rings. The van der Waals surface area contributed by atoms with Gasteiger partial charge in [0.15, 0.2) is 0 Å². The second kappa shape index (κ2) is 9.82. The van der Waals surface area contributed by atoms with Crippen molar-refractivity contribution >= 4 is 23.1 Å². The van der Waals surface area contributed by atoms with E-state index in [9.17, 15) is 18.0 Å². The second-order valence-corrected chi connectivity index (χ2v) is 7.26. The Hall–Kier alpha value is -3.40. The Balaban J connectivity index is 1.73. The van der Waals surface area contributed by atoms with Crippen molar-refractivity contribution in [2.24, 2.45) is 0 Å². The van der Waals surface area contributed by atoms with Crippen LogP contribution in [0, 0.1) is 0 Å². The van der Waals surface area contributed by atoms with E-state index < -0.39 is 17.8 Å². The summed E-state index contributed by atoms with van der Waals surface area (Å²) in [6, 6.07) is 9.00. The first kappa shape index (κ1) is 23.3. The van der Waals surface area contributed by atoms with Gasteiger partial charge in [-0.25, -0.2) is 4.79 Å². The number of carbonyl (C=O) groups excluding carboxylic acids is 1. The minimum absolute atomic E-state index is 0.324. The summed E-state index contributed by atoms with van der Waals surface area (Å²) in [4.78, 5) is 12.3. The highest BCUT2D eigenvalue weighted by molar-refractivity contribution is 6.00. The van der Waals surface area contributed by atoms with E-state index in [1.807, 2.05) is 23.3 Å². The number of carbonyl (C=O) groups is 1. The van der Waals surface area contributed by atoms with Crippen molar-refractivity contribution < 1.29 is 22.7 Å². The minimum atomic E-state index is -4.58. The van der Waals surface area contributed by atoms with Crippen LogP contribution in [0.25, 0.3) is 0 Å². The third-order valence-electron chi connectivity index (χ3n) is 4.93. The molecule has 172 valence electrons. The number of nitrogens with one attached hydrogen (secondary N) is 3. The molecule has 1 heterocycles. The average Bonchev–Trinajstić information content (AvgIpc) is 3.11. The summed E-state index contributed by atoms with van der Waals surface area (Å²) in [6.07, 6.45) is 0.482. The van der Waals surface area contributed by atoms with Crippen LogP contribution in [0.4, 0.5) is 35.0 Å². The fraction of sp³-hybridized carbons (Fsp3) is 0.318. The molecule has 2 amide bonds. The van der Waals surface area contributed by atoms with Crippen molar-refractivity contribution in [3.63, 3.8) is 0 Å². The fourth-order valence-electron chi connectivity index (χ4n) is 3.28. The molecule has 0 fully saturated rings. The number of unbranched alkanes of at least 4 members (excludes halogenated alkanes) is 1. The molecule has 3 N–H and O–H groups in total. The maximum Gasteiger partial charge on any atom is 0.418 e. The zero-order valence-electron chi connectivity index (χ0n) is 18.1. The largest absolute Gasteiger partial charge is 0.494 e. The van der Waals surface area contributed by atoms with Gasteiger partial charge in [0, 0.05) is 30.7 Å². The lowest BCUT2D eigenvalue weighted by Gasteiger charge is -2.23. The molecule has 0 unspecified atom stereocenters. The Bertz CT molecular complexity index is 994. The van der Waals surface area contributed by atoms with E-state index in [0.717, 1.165) is 36.7 Å². The van der Waals surface area contributed by atoms with Crippen molar-refractivity contribution in [3.05, 3.63) is 59.9 Å². The lowest BCUT2D eigenvalue weighted by Crippen LogP contribution is -2.38. The van der Waals surface area contributed by atoms with E-state index in [1.165, 1.54) is 25.3 Å². The molecule has 10 heteroatoms. The van der Waals surface area contributed by atoms with Crippen molar-refractivity contribution in [1.82, 2.24) is 10.5 Å². The maximum atomic E-state index is 13.1. The predicted molar refractivity (Wildman–Crippen MR) is 118 cm³/mol. The number of methoxy groups -OCH3 is 1. The van der Waals surface area contributed by atoms with Crippen LogP contribution in [0.2, 0.25) is 0 Å². The molecule has 0 saturated heterocycles. The van der Waals surface area contributed by atoms with Gasteiger partial charge in [-0.15, -0.1) is 5.53 Å². The number of anilines is 3. The number of urea groups is 1. The SMILES string of the molecule is CCCCC1=CN(c2ccc(NC(=O)Nc3ccccc3C(F)(F)F)cc2OC)NN1C. The smallest absolute Gasteiger partial charge is 0.418 e. The monoisotopic (exact) mass is 449 g/mol. The summed E-state index contributed by atoms with van der Waals surface area (Å²) in [5, 5.41) is 8.54. The van der Waals surface area contributed by atoms with Gasteiger partial charge < -0.3 is 15.4 Å². The average molecular weight is 449 g/mol. The van der Waals surface area contributed by atoms with Gasteiger partial charge >= 0.3 is 12.2 Å². The van der Waals surface area contributed by atoms with E-state index in [1.54, 1.807) is 18.2 Å². The number of hydrazine groups is 2. The molecule has 7 nitrogen and oxygen atoms in total. The Morgan fingerprint density at radius 1 is 1.16 bits per heavy atom. The van der Waals surface area contributed by atoms with Gasteiger partial charge in [0.2, 0.25) is 0 Å². The number of hydrogen-bond acceptors (Lipinski definition) is 5. The molecule has 3 rings (SSSR count). The van der Waals surface area contributed by atoms with Crippen molar-refractivity contribution in [1.29, 1.82) is 0 Å². The lowest BCUT2D eigenvalue weighted by atomic mass is 10.1. The molecular weight excluding hydrogens is 423 g/mol. The van der Waals surface area contributed by atoms with Gasteiger partial charge in [-0.2, -0.15) is 13.2 Å². The summed E-state index contributed by atoms with van der Waals surface area (Å²) in [5.74, 6) is 0.479. The number of allylic oxidation sites excluding steroid dienone is 1. The molecular formula is C22H26F3N5O2. The fourth-order valence-corrected chi connectivity index (χ4v) is 3.28. The van der Waals surface area contributed by atoms with Crippen LogP contribution in [-0.2, 0) is 6.18 Å². The standard InChI is InChI=1S/C22H26F3N5O2/c1-4-5-8-16-14-30(28-29(16)2)19-12-11-15(13-20(19)32-3)26-21(31)27-18-10-7-6-9-17(18)22(23,24)25/h6-7,9-14,28H,4-5,8H2,1-3H3,(H2,26,27,31). The number of nitrogens with zero attached hydrogens (tertiary/aromatic N) is 2. The highest BCUT2D eigenvalue weighted by Crippen LogP contribution is 2.35. The molecule has 0 spiro atoms. The van der Waals surface area contributed by atoms with Crippen LogP contribution < -0.4 is 25.9 Å². The topological polar surface area (TPSA) is 68.9 Å². The second-order valence-electron chi connectivity index (χ2n) is 7.26. The Kier molecular flexibility index (Phi) is 7.14. The number of halogens is 3. The molecule has 2 aromatic carbocycles. The highest BCUT2D eigenvalue weighted by Gasteiger charge is 2.33. The van der Waals surface area contributed by atoms with Crippen LogP contribution in [0.3, 0.4) is 0 Å². The van der Waals surface area contributed by atoms with E-state index in [4.69, 9.17) is 4.74 Å². The summed E-state index contributed by atoms with van der Waals surface area (Å²) in [6.45, 7) is 2.13. The van der Waals surface area contributed by atoms with E-state index >= 15 is 0 Å². The predicted octanol–water partition coefficient (Wildman–Crippen LogP) is 5.56. The number of ether oxygens (including phenoxy) is 1. The number of rotatable bonds is 7. The van der Waals surface area contributed by atoms with Gasteiger partial charge in [-0.05, 0) is 37.1 Å². The number of hydrogen-bond donors (Lipinski definition) is 3. The van der Waals surface area contributed by atoms with E-state index in [2.05, 4.69) is 23.1 Å². The first-order valence-electron chi connectivity index (χ1n) is 10.1. The van der Waals surface area contributed by atoms with Crippen LogP contribution in [0.15, 0.2) is 54.4 Å². The van der Waals surface area contributed by atoms with Gasteiger partial charge in [-0.1, -0.05) is 25.5 Å². The van der Waals surface area contributed by atoms with Gasteiger partial charge in [-0.3, -0.25) is 10.0 Å². The first-order valence-corrected chi connectivity index (χ1v) is 10.1. The Morgan fingerprint density at radius 3 is 2.59 bits per heavy atom. The summed E-state index contributed by atoms with van der Waals surface area (Å²) >= 11 is 0.